The second-order valence-electron chi connectivity index (χ2n) is 4.75. The summed E-state index contributed by atoms with van der Waals surface area (Å²) >= 11 is 3.59. The molecule has 0 aliphatic carbocycles. The van der Waals surface area contributed by atoms with E-state index in [9.17, 15) is 18.0 Å². The molecule has 0 bridgehead atoms. The van der Waals surface area contributed by atoms with Crippen LogP contribution in [0.2, 0.25) is 0 Å². The van der Waals surface area contributed by atoms with E-state index < -0.39 is 29.8 Å². The van der Waals surface area contributed by atoms with Crippen molar-refractivity contribution in [3.8, 4) is 0 Å². The van der Waals surface area contributed by atoms with E-state index in [4.69, 9.17) is 0 Å². The average molecular weight is 311 g/mol. The lowest BCUT2D eigenvalue weighted by Gasteiger charge is -2.22. The van der Waals surface area contributed by atoms with Gasteiger partial charge >= 0.3 is 6.18 Å². The zero-order valence-electron chi connectivity index (χ0n) is 11.0. The van der Waals surface area contributed by atoms with Crippen LogP contribution in [0.15, 0.2) is 0 Å². The van der Waals surface area contributed by atoms with E-state index in [1.165, 1.54) is 0 Å². The summed E-state index contributed by atoms with van der Waals surface area (Å²) in [6.45, 7) is 3.76. The van der Waals surface area contributed by atoms with Gasteiger partial charge in [-0.05, 0) is 22.8 Å². The lowest BCUT2D eigenvalue weighted by molar-refractivity contribution is -0.178. The van der Waals surface area contributed by atoms with Crippen LogP contribution >= 0.6 is 12.6 Å². The van der Waals surface area contributed by atoms with Gasteiger partial charge in [0.05, 0.1) is 6.04 Å². The predicted octanol–water partition coefficient (Wildman–Crippen LogP) is 1.51. The molecule has 0 radical (unpaired) electrons. The van der Waals surface area contributed by atoms with Crippen LogP contribution in [0.5, 0.6) is 0 Å². The summed E-state index contributed by atoms with van der Waals surface area (Å²) in [5.74, 6) is -3.53. The number of carbonyl (C=O) groups excluding carboxylic acids is 1. The molecule has 1 aromatic heterocycles. The maximum atomic E-state index is 12.7. The van der Waals surface area contributed by atoms with Crippen molar-refractivity contribution in [3.05, 3.63) is 5.82 Å². The van der Waals surface area contributed by atoms with E-state index in [0.29, 0.717) is 6.42 Å². The second-order valence-corrected chi connectivity index (χ2v) is 5.12. The Labute approximate surface area is 119 Å². The van der Waals surface area contributed by atoms with Crippen molar-refractivity contribution in [2.75, 3.05) is 5.75 Å². The van der Waals surface area contributed by atoms with E-state index in [0.717, 1.165) is 0 Å². The van der Waals surface area contributed by atoms with Gasteiger partial charge in [0, 0.05) is 5.75 Å². The average Bonchev–Trinajstić information content (AvgIpc) is 2.79. The second kappa shape index (κ2) is 6.91. The minimum absolute atomic E-state index is 0.144. The molecule has 1 heterocycles. The molecule has 0 spiro atoms. The molecule has 0 aliphatic rings. The van der Waals surface area contributed by atoms with Crippen molar-refractivity contribution in [3.63, 3.8) is 0 Å². The van der Waals surface area contributed by atoms with Crippen LogP contribution in [0.1, 0.15) is 32.1 Å². The number of halogens is 3. The summed E-state index contributed by atoms with van der Waals surface area (Å²) in [7, 11) is 0. The molecule has 2 atom stereocenters. The minimum atomic E-state index is -4.63. The molecule has 0 fully saturated rings. The number of hydrogen-bond donors (Lipinski definition) is 3. The van der Waals surface area contributed by atoms with Crippen LogP contribution in [-0.2, 0) is 4.79 Å². The lowest BCUT2D eigenvalue weighted by Crippen LogP contribution is -2.42. The Balaban J connectivity index is 2.82. The van der Waals surface area contributed by atoms with Gasteiger partial charge in [-0.3, -0.25) is 4.79 Å². The number of tetrazole rings is 1. The van der Waals surface area contributed by atoms with Gasteiger partial charge in [-0.15, -0.1) is 5.10 Å². The molecule has 0 aromatic carbocycles. The Hall–Kier alpha value is -1.32. The summed E-state index contributed by atoms with van der Waals surface area (Å²) in [6.07, 6.45) is -4.21. The fourth-order valence-corrected chi connectivity index (χ4v) is 2.00. The minimum Gasteiger partial charge on any atom is -0.345 e. The van der Waals surface area contributed by atoms with Crippen LogP contribution in [0.4, 0.5) is 13.2 Å². The molecule has 2 N–H and O–H groups in total. The number of nitrogens with one attached hydrogen (secondary N) is 2. The number of thiol groups is 1. The van der Waals surface area contributed by atoms with Crippen molar-refractivity contribution in [2.45, 2.75) is 32.5 Å². The van der Waals surface area contributed by atoms with Crippen LogP contribution in [0.3, 0.4) is 0 Å². The Morgan fingerprint density at radius 3 is 2.50 bits per heavy atom. The normalized spacial score (nSPS) is 15.2. The highest BCUT2D eigenvalue weighted by molar-refractivity contribution is 7.80. The van der Waals surface area contributed by atoms with Gasteiger partial charge in [0.15, 0.2) is 5.82 Å². The molecule has 1 amide bonds. The topological polar surface area (TPSA) is 83.6 Å². The number of nitrogens with zero attached hydrogens (tertiary/aromatic N) is 3. The zero-order chi connectivity index (χ0) is 15.3. The third-order valence-electron chi connectivity index (χ3n) is 2.61. The summed E-state index contributed by atoms with van der Waals surface area (Å²) in [6, 6.07) is -0.692. The Morgan fingerprint density at radius 1 is 1.45 bits per heavy atom. The highest BCUT2D eigenvalue weighted by Gasteiger charge is 2.44. The van der Waals surface area contributed by atoms with Gasteiger partial charge in [-0.1, -0.05) is 13.8 Å². The molecule has 6 nitrogen and oxygen atoms in total. The third-order valence-corrected chi connectivity index (χ3v) is 2.97. The van der Waals surface area contributed by atoms with E-state index in [-0.39, 0.29) is 11.7 Å². The van der Waals surface area contributed by atoms with E-state index >= 15 is 0 Å². The first-order chi connectivity index (χ1) is 9.25. The Kier molecular flexibility index (Phi) is 5.78. The summed E-state index contributed by atoms with van der Waals surface area (Å²) in [5, 5.41) is 15.1. The maximum absolute atomic E-state index is 12.7. The molecular formula is C10H16F3N5OS. The number of rotatable bonds is 6. The van der Waals surface area contributed by atoms with E-state index in [1.54, 1.807) is 0 Å². The monoisotopic (exact) mass is 311 g/mol. The number of aromatic nitrogens is 4. The highest BCUT2D eigenvalue weighted by Crippen LogP contribution is 2.28. The first kappa shape index (κ1) is 16.7. The molecule has 1 aromatic rings. The van der Waals surface area contributed by atoms with Crippen LogP contribution < -0.4 is 5.32 Å². The SMILES string of the molecule is CC(C)C[C@@H](NC(=O)[C@H](CS)C(F)(F)F)c1nnn[nH]1. The molecule has 20 heavy (non-hydrogen) atoms. The van der Waals surface area contributed by atoms with Gasteiger partial charge in [0.2, 0.25) is 5.91 Å². The molecule has 1 rings (SSSR count). The van der Waals surface area contributed by atoms with Gasteiger partial charge < -0.3 is 5.32 Å². The fourth-order valence-electron chi connectivity index (χ4n) is 1.63. The van der Waals surface area contributed by atoms with E-state index in [1.807, 2.05) is 13.8 Å². The number of carbonyl (C=O) groups is 1. The van der Waals surface area contributed by atoms with Crippen molar-refractivity contribution in [2.24, 2.45) is 11.8 Å². The van der Waals surface area contributed by atoms with E-state index in [2.05, 4.69) is 38.6 Å². The molecule has 0 aliphatic heterocycles. The number of H-pyrrole nitrogens is 1. The number of aromatic amines is 1. The van der Waals surface area contributed by atoms with Crippen molar-refractivity contribution in [1.82, 2.24) is 25.9 Å². The predicted molar refractivity (Wildman–Crippen MR) is 67.9 cm³/mol. The first-order valence-electron chi connectivity index (χ1n) is 5.97. The third kappa shape index (κ3) is 4.66. The first-order valence-corrected chi connectivity index (χ1v) is 6.60. The van der Waals surface area contributed by atoms with Crippen LogP contribution in [-0.4, -0.2) is 38.5 Å². The quantitative estimate of drug-likeness (QED) is 0.695. The molecular weight excluding hydrogens is 295 g/mol. The maximum Gasteiger partial charge on any atom is 0.401 e. The summed E-state index contributed by atoms with van der Waals surface area (Å²) in [4.78, 5) is 11.7. The summed E-state index contributed by atoms with van der Waals surface area (Å²) in [5.41, 5.74) is 0. The van der Waals surface area contributed by atoms with Gasteiger partial charge in [0.25, 0.3) is 0 Å². The van der Waals surface area contributed by atoms with Crippen LogP contribution in [0.25, 0.3) is 0 Å². The van der Waals surface area contributed by atoms with Crippen molar-refractivity contribution >= 4 is 18.5 Å². The number of hydrogen-bond acceptors (Lipinski definition) is 5. The Bertz CT molecular complexity index is 423. The van der Waals surface area contributed by atoms with Crippen molar-refractivity contribution in [1.29, 1.82) is 0 Å². The Morgan fingerprint density at radius 2 is 2.10 bits per heavy atom. The molecule has 0 unspecified atom stereocenters. The largest absolute Gasteiger partial charge is 0.401 e. The highest BCUT2D eigenvalue weighted by atomic mass is 32.1. The van der Waals surface area contributed by atoms with Crippen LogP contribution in [0, 0.1) is 11.8 Å². The molecule has 0 saturated carbocycles. The zero-order valence-corrected chi connectivity index (χ0v) is 11.9. The lowest BCUT2D eigenvalue weighted by atomic mass is 10.0. The fraction of sp³-hybridized carbons (Fsp3) is 0.800. The smallest absolute Gasteiger partial charge is 0.345 e. The van der Waals surface area contributed by atoms with Gasteiger partial charge in [0.1, 0.15) is 5.92 Å². The molecule has 114 valence electrons. The number of amides is 1. The number of alkyl halides is 3. The van der Waals surface area contributed by atoms with Gasteiger partial charge in [-0.25, -0.2) is 5.10 Å². The van der Waals surface area contributed by atoms with Crippen molar-refractivity contribution < 1.29 is 18.0 Å². The molecule has 0 saturated heterocycles. The standard InChI is InChI=1S/C10H16F3N5OS/c1-5(2)3-7(8-15-17-18-16-8)14-9(19)6(4-20)10(11,12)13/h5-7,20H,3-4H2,1-2H3,(H,14,19)(H,15,16,17,18)/t6-,7+/m0/s1. The summed E-state index contributed by atoms with van der Waals surface area (Å²) < 4.78 is 38.0. The van der Waals surface area contributed by atoms with Gasteiger partial charge in [-0.2, -0.15) is 25.8 Å². The molecule has 10 heteroatoms.